The fourth-order valence-corrected chi connectivity index (χ4v) is 5.73. The lowest BCUT2D eigenvalue weighted by atomic mass is 9.97. The fourth-order valence-electron chi connectivity index (χ4n) is 5.73. The second-order valence-corrected chi connectivity index (χ2v) is 13.6. The van der Waals surface area contributed by atoms with Crippen molar-refractivity contribution in [3.8, 4) is 0 Å². The van der Waals surface area contributed by atoms with E-state index in [9.17, 15) is 19.2 Å². The van der Waals surface area contributed by atoms with Crippen LogP contribution in [0, 0.1) is 11.8 Å². The van der Waals surface area contributed by atoms with Crippen LogP contribution >= 0.6 is 0 Å². The summed E-state index contributed by atoms with van der Waals surface area (Å²) in [6, 6.07) is 0. The van der Waals surface area contributed by atoms with E-state index in [1.165, 1.54) is 0 Å². The summed E-state index contributed by atoms with van der Waals surface area (Å²) in [4.78, 5) is 56.2. The van der Waals surface area contributed by atoms with Gasteiger partial charge in [0, 0.05) is 52.4 Å². The maximum Gasteiger partial charge on any atom is 0.410 e. The van der Waals surface area contributed by atoms with Gasteiger partial charge in [-0.15, -0.1) is 0 Å². The molecule has 0 aliphatic carbocycles. The van der Waals surface area contributed by atoms with E-state index in [4.69, 9.17) is 9.47 Å². The Kier molecular flexibility index (Phi) is 11.1. The Hall–Kier alpha value is -2.52. The molecule has 0 N–H and O–H groups in total. The number of nitrogens with zero attached hydrogens (tertiary/aromatic N) is 4. The van der Waals surface area contributed by atoms with E-state index in [-0.39, 0.29) is 35.8 Å². The second-order valence-electron chi connectivity index (χ2n) is 13.6. The molecule has 10 nitrogen and oxygen atoms in total. The lowest BCUT2D eigenvalue weighted by Gasteiger charge is -2.34. The molecule has 10 heteroatoms. The lowest BCUT2D eigenvalue weighted by Crippen LogP contribution is -2.47. The molecule has 2 atom stereocenters. The Labute approximate surface area is 240 Å². The SMILES string of the molecule is CC(C)(C)OC(=O)N1CCC[C@@H](C(=O)N2CCCC2)C1.CC(C)(C)OC(=O)N1CCC[C@@H](C(=O)N2CCCC2)C1. The molecule has 0 aromatic rings. The zero-order chi connectivity index (χ0) is 29.5. The maximum atomic E-state index is 12.4. The van der Waals surface area contributed by atoms with Crippen molar-refractivity contribution in [3.63, 3.8) is 0 Å². The molecule has 40 heavy (non-hydrogen) atoms. The Bertz CT molecular complexity index is 812. The average Bonchev–Trinajstić information content (AvgIpc) is 3.61. The largest absolute Gasteiger partial charge is 0.444 e. The Balaban J connectivity index is 0.000000220. The number of amides is 4. The molecule has 0 aromatic heterocycles. The van der Waals surface area contributed by atoms with Crippen molar-refractivity contribution >= 4 is 24.0 Å². The zero-order valence-electron chi connectivity index (χ0n) is 25.7. The molecule has 0 radical (unpaired) electrons. The summed E-state index contributed by atoms with van der Waals surface area (Å²) in [5.74, 6) is 0.343. The third-order valence-electron chi connectivity index (χ3n) is 7.68. The summed E-state index contributed by atoms with van der Waals surface area (Å²) in [6.07, 6.45) is 7.36. The van der Waals surface area contributed by atoms with Gasteiger partial charge < -0.3 is 29.1 Å². The van der Waals surface area contributed by atoms with Crippen LogP contribution in [0.25, 0.3) is 0 Å². The van der Waals surface area contributed by atoms with Crippen LogP contribution in [0.5, 0.6) is 0 Å². The molecule has 0 bridgehead atoms. The number of ether oxygens (including phenoxy) is 2. The van der Waals surface area contributed by atoms with Crippen molar-refractivity contribution in [2.24, 2.45) is 11.8 Å². The van der Waals surface area contributed by atoms with Crippen molar-refractivity contribution in [2.45, 2.75) is 104 Å². The highest BCUT2D eigenvalue weighted by molar-refractivity contribution is 5.81. The minimum Gasteiger partial charge on any atom is -0.444 e. The second kappa shape index (κ2) is 13.9. The third-order valence-corrected chi connectivity index (χ3v) is 7.68. The summed E-state index contributed by atoms with van der Waals surface area (Å²) >= 11 is 0. The number of hydrogen-bond acceptors (Lipinski definition) is 6. The number of hydrogen-bond donors (Lipinski definition) is 0. The van der Waals surface area contributed by atoms with Crippen LogP contribution in [0.2, 0.25) is 0 Å². The molecular weight excluding hydrogens is 512 g/mol. The number of carbonyl (C=O) groups excluding carboxylic acids is 4. The number of piperidine rings is 2. The van der Waals surface area contributed by atoms with Crippen molar-refractivity contribution in [2.75, 3.05) is 52.4 Å². The normalized spacial score (nSPS) is 23.9. The maximum absolute atomic E-state index is 12.4. The fraction of sp³-hybridized carbons (Fsp3) is 0.867. The minimum absolute atomic E-state index is 0.0469. The van der Waals surface area contributed by atoms with E-state index in [0.29, 0.717) is 26.2 Å². The molecule has 228 valence electrons. The van der Waals surface area contributed by atoms with E-state index in [1.54, 1.807) is 9.80 Å². The first-order valence-corrected chi connectivity index (χ1v) is 15.3. The molecule has 4 aliphatic heterocycles. The predicted molar refractivity (Wildman–Crippen MR) is 153 cm³/mol. The minimum atomic E-state index is -0.483. The average molecular weight is 565 g/mol. The van der Waals surface area contributed by atoms with Crippen LogP contribution in [0.1, 0.15) is 92.9 Å². The van der Waals surface area contributed by atoms with Gasteiger partial charge in [0.2, 0.25) is 11.8 Å². The van der Waals surface area contributed by atoms with Gasteiger partial charge in [0.1, 0.15) is 11.2 Å². The van der Waals surface area contributed by atoms with Crippen LogP contribution in [0.15, 0.2) is 0 Å². The van der Waals surface area contributed by atoms with E-state index in [1.807, 2.05) is 51.3 Å². The first-order chi connectivity index (χ1) is 18.7. The summed E-state index contributed by atoms with van der Waals surface area (Å²) in [6.45, 7) is 17.1. The Morgan fingerprint density at radius 2 is 0.800 bits per heavy atom. The molecule has 0 saturated carbocycles. The Morgan fingerprint density at radius 1 is 0.500 bits per heavy atom. The van der Waals surface area contributed by atoms with Crippen LogP contribution in [0.4, 0.5) is 9.59 Å². The quantitative estimate of drug-likeness (QED) is 0.489. The summed E-state index contributed by atoms with van der Waals surface area (Å²) in [5.41, 5.74) is -0.966. The summed E-state index contributed by atoms with van der Waals surface area (Å²) < 4.78 is 10.8. The van der Waals surface area contributed by atoms with Gasteiger partial charge in [0.15, 0.2) is 0 Å². The summed E-state index contributed by atoms with van der Waals surface area (Å²) in [7, 11) is 0. The molecular formula is C30H52N4O6. The molecule has 4 amide bonds. The van der Waals surface area contributed by atoms with E-state index >= 15 is 0 Å². The number of carbonyl (C=O) groups is 4. The third kappa shape index (κ3) is 9.84. The standard InChI is InChI=1S/2C15H26N2O3/c2*1-15(2,3)20-14(19)17-10-6-7-12(11-17)13(18)16-8-4-5-9-16/h2*12H,4-11H2,1-3H3/t2*12-/m11/s1. The molecule has 4 rings (SSSR count). The van der Waals surface area contributed by atoms with E-state index in [0.717, 1.165) is 77.5 Å². The first kappa shape index (κ1) is 32.0. The molecule has 4 fully saturated rings. The molecule has 0 spiro atoms. The van der Waals surface area contributed by atoms with E-state index < -0.39 is 11.2 Å². The molecule has 0 aromatic carbocycles. The van der Waals surface area contributed by atoms with Gasteiger partial charge >= 0.3 is 12.2 Å². The van der Waals surface area contributed by atoms with E-state index in [2.05, 4.69) is 0 Å². The first-order valence-electron chi connectivity index (χ1n) is 15.3. The lowest BCUT2D eigenvalue weighted by molar-refractivity contribution is -0.136. The number of rotatable bonds is 2. The summed E-state index contributed by atoms with van der Waals surface area (Å²) in [5, 5.41) is 0. The van der Waals surface area contributed by atoms with Gasteiger partial charge in [-0.2, -0.15) is 0 Å². The van der Waals surface area contributed by atoms with Crippen LogP contribution in [-0.4, -0.2) is 107 Å². The van der Waals surface area contributed by atoms with Crippen LogP contribution < -0.4 is 0 Å². The monoisotopic (exact) mass is 564 g/mol. The van der Waals surface area contributed by atoms with Crippen molar-refractivity contribution in [3.05, 3.63) is 0 Å². The molecule has 0 unspecified atom stereocenters. The van der Waals surface area contributed by atoms with Gasteiger partial charge in [-0.05, 0) is 92.9 Å². The zero-order valence-corrected chi connectivity index (χ0v) is 25.7. The van der Waals surface area contributed by atoms with Crippen molar-refractivity contribution < 1.29 is 28.7 Å². The van der Waals surface area contributed by atoms with Crippen LogP contribution in [-0.2, 0) is 19.1 Å². The highest BCUT2D eigenvalue weighted by Gasteiger charge is 2.35. The molecule has 4 aliphatic rings. The number of likely N-dealkylation sites (tertiary alicyclic amines) is 4. The van der Waals surface area contributed by atoms with Crippen molar-refractivity contribution in [1.82, 2.24) is 19.6 Å². The highest BCUT2D eigenvalue weighted by Crippen LogP contribution is 2.24. The molecule has 4 saturated heterocycles. The topological polar surface area (TPSA) is 99.7 Å². The molecule has 4 heterocycles. The van der Waals surface area contributed by atoms with Gasteiger partial charge in [-0.3, -0.25) is 9.59 Å². The van der Waals surface area contributed by atoms with Gasteiger partial charge in [-0.25, -0.2) is 9.59 Å². The predicted octanol–water partition coefficient (Wildman–Crippen LogP) is 4.51. The van der Waals surface area contributed by atoms with Gasteiger partial charge in [0.05, 0.1) is 11.8 Å². The smallest absolute Gasteiger partial charge is 0.410 e. The highest BCUT2D eigenvalue weighted by atomic mass is 16.6. The Morgan fingerprint density at radius 3 is 1.10 bits per heavy atom. The van der Waals surface area contributed by atoms with Crippen LogP contribution in [0.3, 0.4) is 0 Å². The van der Waals surface area contributed by atoms with Gasteiger partial charge in [0.25, 0.3) is 0 Å². The van der Waals surface area contributed by atoms with Crippen molar-refractivity contribution in [1.29, 1.82) is 0 Å². The van der Waals surface area contributed by atoms with Gasteiger partial charge in [-0.1, -0.05) is 0 Å².